The average molecular weight is 294 g/mol. The third-order valence-corrected chi connectivity index (χ3v) is 3.28. The van der Waals surface area contributed by atoms with Crippen LogP contribution in [0.15, 0.2) is 42.5 Å². The summed E-state index contributed by atoms with van der Waals surface area (Å²) in [5, 5.41) is 12.2. The molecule has 0 bridgehead atoms. The number of benzene rings is 2. The summed E-state index contributed by atoms with van der Waals surface area (Å²) in [5.41, 5.74) is 1.10. The van der Waals surface area contributed by atoms with E-state index in [0.717, 1.165) is 0 Å². The van der Waals surface area contributed by atoms with Crippen molar-refractivity contribution in [1.82, 2.24) is 0 Å². The Kier molecular flexibility index (Phi) is 4.25. The molecule has 104 valence electrons. The van der Waals surface area contributed by atoms with Crippen LogP contribution in [0.3, 0.4) is 0 Å². The van der Waals surface area contributed by atoms with E-state index in [1.54, 1.807) is 31.2 Å². The lowest BCUT2D eigenvalue weighted by Gasteiger charge is -2.17. The first-order valence-corrected chi connectivity index (χ1v) is 6.40. The number of rotatable bonds is 4. The van der Waals surface area contributed by atoms with Crippen LogP contribution in [-0.2, 0) is 0 Å². The van der Waals surface area contributed by atoms with Crippen LogP contribution in [0.5, 0.6) is 0 Å². The van der Waals surface area contributed by atoms with Crippen LogP contribution in [0.2, 0.25) is 5.02 Å². The second kappa shape index (κ2) is 5.92. The molecule has 5 heteroatoms. The largest absolute Gasteiger partial charge is 0.478 e. The number of carboxylic acid groups (broad SMARTS) is 1. The van der Waals surface area contributed by atoms with Crippen molar-refractivity contribution < 1.29 is 14.3 Å². The van der Waals surface area contributed by atoms with E-state index >= 15 is 0 Å². The van der Waals surface area contributed by atoms with Gasteiger partial charge in [-0.05, 0) is 31.2 Å². The summed E-state index contributed by atoms with van der Waals surface area (Å²) in [6.07, 6.45) is 0. The Labute approximate surface area is 121 Å². The SMILES string of the molecule is CC(Nc1ccc(Cl)c(C(=O)O)c1)c1ccccc1F. The van der Waals surface area contributed by atoms with E-state index in [0.29, 0.717) is 11.3 Å². The molecule has 0 aliphatic heterocycles. The molecule has 0 aliphatic rings. The molecule has 0 aliphatic carbocycles. The van der Waals surface area contributed by atoms with Gasteiger partial charge in [-0.1, -0.05) is 29.8 Å². The van der Waals surface area contributed by atoms with Gasteiger partial charge in [0, 0.05) is 11.3 Å². The first-order chi connectivity index (χ1) is 9.49. The lowest BCUT2D eigenvalue weighted by Crippen LogP contribution is -2.09. The maximum Gasteiger partial charge on any atom is 0.337 e. The molecule has 0 saturated heterocycles. The molecule has 20 heavy (non-hydrogen) atoms. The number of nitrogens with one attached hydrogen (secondary N) is 1. The quantitative estimate of drug-likeness (QED) is 0.881. The van der Waals surface area contributed by atoms with Crippen LogP contribution in [0.25, 0.3) is 0 Å². The molecule has 1 atom stereocenters. The van der Waals surface area contributed by atoms with E-state index < -0.39 is 5.97 Å². The van der Waals surface area contributed by atoms with Crippen LogP contribution >= 0.6 is 11.6 Å². The van der Waals surface area contributed by atoms with E-state index in [9.17, 15) is 9.18 Å². The van der Waals surface area contributed by atoms with Crippen LogP contribution in [0, 0.1) is 5.82 Å². The summed E-state index contributed by atoms with van der Waals surface area (Å²) < 4.78 is 13.7. The highest BCUT2D eigenvalue weighted by molar-refractivity contribution is 6.33. The number of halogens is 2. The van der Waals surface area contributed by atoms with Crippen LogP contribution in [0.1, 0.15) is 28.9 Å². The number of anilines is 1. The van der Waals surface area contributed by atoms with Gasteiger partial charge in [0.1, 0.15) is 5.82 Å². The Balaban J connectivity index is 2.24. The lowest BCUT2D eigenvalue weighted by molar-refractivity contribution is 0.0697. The predicted molar refractivity (Wildman–Crippen MR) is 76.8 cm³/mol. The molecule has 2 N–H and O–H groups in total. The maximum atomic E-state index is 13.7. The molecule has 0 heterocycles. The predicted octanol–water partition coefficient (Wildman–Crippen LogP) is 4.35. The monoisotopic (exact) mass is 293 g/mol. The zero-order valence-electron chi connectivity index (χ0n) is 10.7. The van der Waals surface area contributed by atoms with Gasteiger partial charge in [-0.15, -0.1) is 0 Å². The number of carbonyl (C=O) groups is 1. The number of hydrogen-bond acceptors (Lipinski definition) is 2. The molecule has 0 fully saturated rings. The molecule has 0 amide bonds. The molecule has 2 rings (SSSR count). The fourth-order valence-corrected chi connectivity index (χ4v) is 2.13. The summed E-state index contributed by atoms with van der Waals surface area (Å²) in [6, 6.07) is 10.7. The molecular weight excluding hydrogens is 281 g/mol. The zero-order chi connectivity index (χ0) is 14.7. The molecule has 0 aromatic heterocycles. The Morgan fingerprint density at radius 3 is 2.65 bits per heavy atom. The van der Waals surface area contributed by atoms with Crippen molar-refractivity contribution in [3.05, 3.63) is 64.4 Å². The fourth-order valence-electron chi connectivity index (χ4n) is 1.93. The van der Waals surface area contributed by atoms with Crippen molar-refractivity contribution >= 4 is 23.3 Å². The second-order valence-electron chi connectivity index (χ2n) is 4.39. The van der Waals surface area contributed by atoms with E-state index in [4.69, 9.17) is 16.7 Å². The van der Waals surface area contributed by atoms with Crippen molar-refractivity contribution in [3.8, 4) is 0 Å². The summed E-state index contributed by atoms with van der Waals surface area (Å²) in [7, 11) is 0. The molecule has 2 aromatic rings. The van der Waals surface area contributed by atoms with Gasteiger partial charge in [-0.3, -0.25) is 0 Å². The van der Waals surface area contributed by atoms with Gasteiger partial charge in [-0.25, -0.2) is 9.18 Å². The molecule has 3 nitrogen and oxygen atoms in total. The van der Waals surface area contributed by atoms with Crippen LogP contribution in [0.4, 0.5) is 10.1 Å². The highest BCUT2D eigenvalue weighted by Crippen LogP contribution is 2.25. The maximum absolute atomic E-state index is 13.7. The summed E-state index contributed by atoms with van der Waals surface area (Å²) in [5.74, 6) is -1.41. The van der Waals surface area contributed by atoms with Crippen molar-refractivity contribution in [2.75, 3.05) is 5.32 Å². The van der Waals surface area contributed by atoms with E-state index in [1.807, 2.05) is 0 Å². The average Bonchev–Trinajstić information content (AvgIpc) is 2.41. The normalized spacial score (nSPS) is 11.9. The highest BCUT2D eigenvalue weighted by Gasteiger charge is 2.13. The molecule has 0 radical (unpaired) electrons. The van der Waals surface area contributed by atoms with Crippen molar-refractivity contribution in [1.29, 1.82) is 0 Å². The number of carboxylic acids is 1. The van der Waals surface area contributed by atoms with Crippen molar-refractivity contribution in [2.45, 2.75) is 13.0 Å². The Hall–Kier alpha value is -2.07. The minimum Gasteiger partial charge on any atom is -0.478 e. The molecule has 0 saturated carbocycles. The highest BCUT2D eigenvalue weighted by atomic mass is 35.5. The minimum absolute atomic E-state index is 0.0115. The molecule has 2 aromatic carbocycles. The smallest absolute Gasteiger partial charge is 0.337 e. The van der Waals surface area contributed by atoms with Gasteiger partial charge in [0.15, 0.2) is 0 Å². The van der Waals surface area contributed by atoms with Gasteiger partial charge in [0.25, 0.3) is 0 Å². The number of aromatic carboxylic acids is 1. The third kappa shape index (κ3) is 3.08. The first-order valence-electron chi connectivity index (χ1n) is 6.03. The lowest BCUT2D eigenvalue weighted by atomic mass is 10.1. The summed E-state index contributed by atoms with van der Waals surface area (Å²) >= 11 is 5.80. The Bertz CT molecular complexity index is 646. The zero-order valence-corrected chi connectivity index (χ0v) is 11.5. The molecular formula is C15H13ClFNO2. The summed E-state index contributed by atoms with van der Waals surface area (Å²) in [4.78, 5) is 11.0. The van der Waals surface area contributed by atoms with Crippen LogP contribution in [-0.4, -0.2) is 11.1 Å². The van der Waals surface area contributed by atoms with E-state index in [-0.39, 0.29) is 22.4 Å². The van der Waals surface area contributed by atoms with Gasteiger partial charge in [0.05, 0.1) is 16.6 Å². The molecule has 0 spiro atoms. The van der Waals surface area contributed by atoms with Crippen molar-refractivity contribution in [2.24, 2.45) is 0 Å². The minimum atomic E-state index is -1.10. The van der Waals surface area contributed by atoms with Crippen LogP contribution < -0.4 is 5.32 Å². The standard InChI is InChI=1S/C15H13ClFNO2/c1-9(11-4-2-3-5-14(11)17)18-10-6-7-13(16)12(8-10)15(19)20/h2-9,18H,1H3,(H,19,20). The van der Waals surface area contributed by atoms with Gasteiger partial charge in [0.2, 0.25) is 0 Å². The third-order valence-electron chi connectivity index (χ3n) is 2.95. The van der Waals surface area contributed by atoms with Gasteiger partial charge < -0.3 is 10.4 Å². The molecule has 1 unspecified atom stereocenters. The van der Waals surface area contributed by atoms with E-state index in [1.165, 1.54) is 18.2 Å². The van der Waals surface area contributed by atoms with Crippen molar-refractivity contribution in [3.63, 3.8) is 0 Å². The van der Waals surface area contributed by atoms with Gasteiger partial charge >= 0.3 is 5.97 Å². The summed E-state index contributed by atoms with van der Waals surface area (Å²) in [6.45, 7) is 1.80. The number of hydrogen-bond donors (Lipinski definition) is 2. The first kappa shape index (κ1) is 14.3. The topological polar surface area (TPSA) is 49.3 Å². The Morgan fingerprint density at radius 1 is 1.30 bits per heavy atom. The van der Waals surface area contributed by atoms with E-state index in [2.05, 4.69) is 5.32 Å². The second-order valence-corrected chi connectivity index (χ2v) is 4.79. The Morgan fingerprint density at radius 2 is 2.00 bits per heavy atom. The van der Waals surface area contributed by atoms with Gasteiger partial charge in [-0.2, -0.15) is 0 Å². The fraction of sp³-hybridized carbons (Fsp3) is 0.133.